The molecular weight excluding hydrogens is 589 g/mol. The van der Waals surface area contributed by atoms with Gasteiger partial charge in [-0.3, -0.25) is 0 Å². The first-order valence-electron chi connectivity index (χ1n) is 13.3. The SMILES string of the molecule is OC[C@@H]1COCCN1c1cc(N2C3CCC2COC3)nc2c1c(I)nn2-c1ccn(C2CCCCO2)n1. The standard InChI is InChI=1S/C25H32IN7O4/c26-24-23-19(30-8-10-35-15-18(30)12-34)11-21(32-16-4-5-17(32)14-36-13-16)27-25(23)33(29-24)20-6-7-31(28-20)22-3-1-2-9-37-22/h6-7,11,16-18,22,34H,1-5,8-10,12-15H2/t16?,17?,18-,22?/m1/s1. The number of ether oxygens (including phenoxy) is 3. The highest BCUT2D eigenvalue weighted by Crippen LogP contribution is 2.40. The number of rotatable bonds is 5. The Morgan fingerprint density at radius 3 is 2.65 bits per heavy atom. The molecule has 4 fully saturated rings. The van der Waals surface area contributed by atoms with Crippen LogP contribution in [0.3, 0.4) is 0 Å². The molecule has 3 aromatic heterocycles. The number of hydrogen-bond acceptors (Lipinski definition) is 9. The van der Waals surface area contributed by atoms with Gasteiger partial charge in [-0.1, -0.05) is 0 Å². The number of aliphatic hydroxyl groups excluding tert-OH is 1. The zero-order valence-electron chi connectivity index (χ0n) is 20.7. The van der Waals surface area contributed by atoms with Gasteiger partial charge in [0, 0.05) is 31.5 Å². The van der Waals surface area contributed by atoms with Gasteiger partial charge < -0.3 is 29.1 Å². The summed E-state index contributed by atoms with van der Waals surface area (Å²) in [6, 6.07) is 4.71. The fraction of sp³-hybridized carbons (Fsp3) is 0.640. The van der Waals surface area contributed by atoms with Gasteiger partial charge in [-0.05, 0) is 54.7 Å². The maximum absolute atomic E-state index is 10.2. The van der Waals surface area contributed by atoms with E-state index in [2.05, 4.69) is 38.5 Å². The summed E-state index contributed by atoms with van der Waals surface area (Å²) >= 11 is 2.30. The van der Waals surface area contributed by atoms with Gasteiger partial charge in [0.2, 0.25) is 0 Å². The molecule has 7 rings (SSSR count). The first-order chi connectivity index (χ1) is 18.2. The van der Waals surface area contributed by atoms with Crippen LogP contribution in [0.25, 0.3) is 16.9 Å². The lowest BCUT2D eigenvalue weighted by molar-refractivity contribution is -0.0395. The van der Waals surface area contributed by atoms with Crippen LogP contribution >= 0.6 is 22.6 Å². The van der Waals surface area contributed by atoms with E-state index in [-0.39, 0.29) is 18.9 Å². The zero-order valence-corrected chi connectivity index (χ0v) is 22.9. The Hall–Kier alpha value is -2.00. The highest BCUT2D eigenvalue weighted by molar-refractivity contribution is 14.1. The average molecular weight is 621 g/mol. The van der Waals surface area contributed by atoms with Crippen LogP contribution in [0.15, 0.2) is 18.3 Å². The van der Waals surface area contributed by atoms with Crippen molar-refractivity contribution in [1.82, 2.24) is 24.5 Å². The molecule has 0 amide bonds. The van der Waals surface area contributed by atoms with E-state index in [4.69, 9.17) is 29.4 Å². The first-order valence-corrected chi connectivity index (χ1v) is 14.4. The Morgan fingerprint density at radius 2 is 1.86 bits per heavy atom. The van der Waals surface area contributed by atoms with E-state index in [1.165, 1.54) is 0 Å². The second kappa shape index (κ2) is 9.95. The van der Waals surface area contributed by atoms with Crippen molar-refractivity contribution in [2.75, 3.05) is 56.0 Å². The van der Waals surface area contributed by atoms with Crippen LogP contribution in [0, 0.1) is 3.70 Å². The highest BCUT2D eigenvalue weighted by Gasteiger charge is 2.39. The number of fused-ring (bicyclic) bond motifs is 3. The molecule has 37 heavy (non-hydrogen) atoms. The number of aromatic nitrogens is 5. The molecule has 2 bridgehead atoms. The number of pyridine rings is 1. The lowest BCUT2D eigenvalue weighted by atomic mass is 10.1. The van der Waals surface area contributed by atoms with Crippen molar-refractivity contribution in [2.24, 2.45) is 0 Å². The average Bonchev–Trinajstić information content (AvgIpc) is 3.63. The van der Waals surface area contributed by atoms with Crippen molar-refractivity contribution in [3.8, 4) is 5.82 Å². The quantitative estimate of drug-likeness (QED) is 0.431. The maximum atomic E-state index is 10.2. The molecule has 11 nitrogen and oxygen atoms in total. The minimum atomic E-state index is -0.115. The summed E-state index contributed by atoms with van der Waals surface area (Å²) in [7, 11) is 0. The normalized spacial score (nSPS) is 28.4. The van der Waals surface area contributed by atoms with Crippen molar-refractivity contribution in [1.29, 1.82) is 0 Å². The topological polar surface area (TPSA) is 103 Å². The lowest BCUT2D eigenvalue weighted by Crippen LogP contribution is -2.48. The number of nitrogens with zero attached hydrogens (tertiary/aromatic N) is 7. The molecule has 1 N–H and O–H groups in total. The van der Waals surface area contributed by atoms with Crippen LogP contribution < -0.4 is 9.80 Å². The molecule has 0 spiro atoms. The Morgan fingerprint density at radius 1 is 1.00 bits per heavy atom. The third-order valence-electron chi connectivity index (χ3n) is 8.08. The van der Waals surface area contributed by atoms with Gasteiger partial charge in [0.1, 0.15) is 15.7 Å². The van der Waals surface area contributed by atoms with Gasteiger partial charge in [0.25, 0.3) is 0 Å². The monoisotopic (exact) mass is 621 g/mol. The van der Waals surface area contributed by atoms with Gasteiger partial charge in [0.15, 0.2) is 11.5 Å². The van der Waals surface area contributed by atoms with Crippen molar-refractivity contribution in [2.45, 2.75) is 56.5 Å². The van der Waals surface area contributed by atoms with Gasteiger partial charge in [-0.2, -0.15) is 14.9 Å². The first kappa shape index (κ1) is 24.1. The van der Waals surface area contributed by atoms with Gasteiger partial charge >= 0.3 is 0 Å². The number of aliphatic hydroxyl groups is 1. The second-order valence-corrected chi connectivity index (χ2v) is 11.3. The summed E-state index contributed by atoms with van der Waals surface area (Å²) in [5.41, 5.74) is 1.82. The number of anilines is 2. The van der Waals surface area contributed by atoms with Gasteiger partial charge in [0.05, 0.1) is 62.2 Å². The van der Waals surface area contributed by atoms with Crippen LogP contribution in [0.5, 0.6) is 0 Å². The molecular formula is C25H32IN7O4. The molecule has 0 radical (unpaired) electrons. The molecule has 198 valence electrons. The van der Waals surface area contributed by atoms with Crippen LogP contribution in [-0.2, 0) is 14.2 Å². The number of morpholine rings is 2. The number of halogens is 1. The molecule has 3 aromatic rings. The molecule has 7 heterocycles. The Kier molecular flexibility index (Phi) is 6.47. The van der Waals surface area contributed by atoms with E-state index >= 15 is 0 Å². The number of hydrogen-bond donors (Lipinski definition) is 1. The smallest absolute Gasteiger partial charge is 0.177 e. The predicted octanol–water partition coefficient (Wildman–Crippen LogP) is 2.49. The highest BCUT2D eigenvalue weighted by atomic mass is 127. The molecule has 3 unspecified atom stereocenters. The van der Waals surface area contributed by atoms with E-state index in [1.54, 1.807) is 0 Å². The Bertz CT molecular complexity index is 1260. The summed E-state index contributed by atoms with van der Waals surface area (Å²) in [6.45, 7) is 4.07. The zero-order chi connectivity index (χ0) is 24.9. The van der Waals surface area contributed by atoms with Crippen molar-refractivity contribution in [3.05, 3.63) is 22.0 Å². The van der Waals surface area contributed by atoms with Crippen LogP contribution in [0.4, 0.5) is 11.5 Å². The van der Waals surface area contributed by atoms with Crippen molar-refractivity contribution in [3.63, 3.8) is 0 Å². The molecule has 0 aromatic carbocycles. The Labute approximate surface area is 228 Å². The molecule has 0 aliphatic carbocycles. The molecule has 12 heteroatoms. The van der Waals surface area contributed by atoms with Crippen molar-refractivity contribution < 1.29 is 19.3 Å². The van der Waals surface area contributed by atoms with E-state index in [1.807, 2.05) is 21.6 Å². The molecule has 0 saturated carbocycles. The van der Waals surface area contributed by atoms with E-state index in [9.17, 15) is 5.11 Å². The third kappa shape index (κ3) is 4.20. The second-order valence-electron chi connectivity index (χ2n) is 10.3. The summed E-state index contributed by atoms with van der Waals surface area (Å²) in [5.74, 6) is 1.66. The maximum Gasteiger partial charge on any atom is 0.177 e. The van der Waals surface area contributed by atoms with Gasteiger partial charge in [-0.15, -0.1) is 0 Å². The summed E-state index contributed by atoms with van der Waals surface area (Å²) in [4.78, 5) is 9.94. The van der Waals surface area contributed by atoms with E-state index in [0.29, 0.717) is 31.8 Å². The Balaban J connectivity index is 1.37. The fourth-order valence-corrected chi connectivity index (χ4v) is 6.95. The van der Waals surface area contributed by atoms with Crippen LogP contribution in [-0.4, -0.2) is 94.0 Å². The largest absolute Gasteiger partial charge is 0.394 e. The van der Waals surface area contributed by atoms with E-state index < -0.39 is 0 Å². The molecule has 4 atom stereocenters. The fourth-order valence-electron chi connectivity index (χ4n) is 6.22. The predicted molar refractivity (Wildman–Crippen MR) is 145 cm³/mol. The van der Waals surface area contributed by atoms with Gasteiger partial charge in [-0.25, -0.2) is 9.67 Å². The summed E-state index contributed by atoms with van der Waals surface area (Å²) in [5, 5.41) is 20.9. The third-order valence-corrected chi connectivity index (χ3v) is 8.83. The van der Waals surface area contributed by atoms with Crippen LogP contribution in [0.2, 0.25) is 0 Å². The molecule has 4 aliphatic heterocycles. The van der Waals surface area contributed by atoms with Crippen molar-refractivity contribution >= 4 is 45.1 Å². The summed E-state index contributed by atoms with van der Waals surface area (Å²) < 4.78 is 22.1. The lowest BCUT2D eigenvalue weighted by Gasteiger charge is -2.39. The van der Waals surface area contributed by atoms with E-state index in [0.717, 1.165) is 84.0 Å². The molecule has 4 aliphatic rings. The summed E-state index contributed by atoms with van der Waals surface area (Å²) in [6.07, 6.45) is 7.36. The molecule has 4 saturated heterocycles. The minimum absolute atomic E-state index is 0.0263. The van der Waals surface area contributed by atoms with Crippen LogP contribution in [0.1, 0.15) is 38.3 Å². The minimum Gasteiger partial charge on any atom is -0.394 e.